The fourth-order valence-corrected chi connectivity index (χ4v) is 1.01. The van der Waals surface area contributed by atoms with Crippen LogP contribution in [0.2, 0.25) is 0 Å². The van der Waals surface area contributed by atoms with E-state index in [9.17, 15) is 9.18 Å². The summed E-state index contributed by atoms with van der Waals surface area (Å²) < 4.78 is 12.4. The van der Waals surface area contributed by atoms with Crippen LogP contribution in [0, 0.1) is 5.82 Å². The lowest BCUT2D eigenvalue weighted by Crippen LogP contribution is -2.00. The van der Waals surface area contributed by atoms with Gasteiger partial charge in [0.15, 0.2) is 5.78 Å². The minimum absolute atomic E-state index is 0.136. The van der Waals surface area contributed by atoms with Crippen molar-refractivity contribution in [2.45, 2.75) is 12.3 Å². The number of halogens is 2. The molecule has 0 radical (unpaired) electrons. The standard InChI is InChI=1S/C9H8ClFO/c1-6(12)9(10)7-2-4-8(11)5-3-7/h2-5,9H,1H3. The van der Waals surface area contributed by atoms with E-state index in [0.29, 0.717) is 5.56 Å². The summed E-state index contributed by atoms with van der Waals surface area (Å²) in [5.41, 5.74) is 0.630. The van der Waals surface area contributed by atoms with Crippen molar-refractivity contribution in [3.8, 4) is 0 Å². The summed E-state index contributed by atoms with van der Waals surface area (Å²) in [4.78, 5) is 10.8. The Balaban J connectivity index is 2.89. The van der Waals surface area contributed by atoms with E-state index in [-0.39, 0.29) is 11.6 Å². The maximum Gasteiger partial charge on any atom is 0.152 e. The Morgan fingerprint density at radius 3 is 2.33 bits per heavy atom. The summed E-state index contributed by atoms with van der Waals surface area (Å²) in [5, 5.41) is -0.661. The van der Waals surface area contributed by atoms with Gasteiger partial charge in [0.25, 0.3) is 0 Å². The minimum Gasteiger partial charge on any atom is -0.298 e. The van der Waals surface area contributed by atoms with Gasteiger partial charge in [0, 0.05) is 0 Å². The minimum atomic E-state index is -0.661. The topological polar surface area (TPSA) is 17.1 Å². The Morgan fingerprint density at radius 1 is 1.42 bits per heavy atom. The van der Waals surface area contributed by atoms with E-state index in [1.807, 2.05) is 0 Å². The molecule has 1 nitrogen and oxygen atoms in total. The van der Waals surface area contributed by atoms with Crippen molar-refractivity contribution < 1.29 is 9.18 Å². The summed E-state index contributed by atoms with van der Waals surface area (Å²) in [7, 11) is 0. The molecule has 0 N–H and O–H groups in total. The molecule has 12 heavy (non-hydrogen) atoms. The molecule has 1 rings (SSSR count). The highest BCUT2D eigenvalue weighted by Gasteiger charge is 2.11. The van der Waals surface area contributed by atoms with Gasteiger partial charge in [-0.05, 0) is 24.6 Å². The second-order valence-electron chi connectivity index (χ2n) is 2.52. The number of carbonyl (C=O) groups is 1. The highest BCUT2D eigenvalue weighted by Crippen LogP contribution is 2.20. The molecule has 0 aliphatic heterocycles. The van der Waals surface area contributed by atoms with Crippen LogP contribution in [0.15, 0.2) is 24.3 Å². The molecule has 1 atom stereocenters. The molecule has 64 valence electrons. The lowest BCUT2D eigenvalue weighted by atomic mass is 10.1. The quantitative estimate of drug-likeness (QED) is 0.649. The van der Waals surface area contributed by atoms with E-state index in [4.69, 9.17) is 11.6 Å². The number of Topliss-reactive ketones (excluding diaryl/α,β-unsaturated/α-hetero) is 1. The van der Waals surface area contributed by atoms with Crippen molar-refractivity contribution in [3.63, 3.8) is 0 Å². The Morgan fingerprint density at radius 2 is 1.92 bits per heavy atom. The molecule has 0 bridgehead atoms. The van der Waals surface area contributed by atoms with Crippen molar-refractivity contribution in [1.82, 2.24) is 0 Å². The van der Waals surface area contributed by atoms with Gasteiger partial charge in [-0.25, -0.2) is 4.39 Å². The average molecular weight is 187 g/mol. The third-order valence-corrected chi connectivity index (χ3v) is 2.08. The SMILES string of the molecule is CC(=O)C(Cl)c1ccc(F)cc1. The van der Waals surface area contributed by atoms with Gasteiger partial charge in [0.2, 0.25) is 0 Å². The first kappa shape index (κ1) is 9.20. The molecule has 0 aliphatic carbocycles. The van der Waals surface area contributed by atoms with Crippen molar-refractivity contribution in [2.24, 2.45) is 0 Å². The van der Waals surface area contributed by atoms with Gasteiger partial charge in [-0.2, -0.15) is 0 Å². The van der Waals surface area contributed by atoms with E-state index in [1.165, 1.54) is 31.2 Å². The number of alkyl halides is 1. The molecule has 1 aromatic carbocycles. The molecule has 0 heterocycles. The third-order valence-electron chi connectivity index (χ3n) is 1.52. The van der Waals surface area contributed by atoms with Crippen molar-refractivity contribution >= 4 is 17.4 Å². The first-order chi connectivity index (χ1) is 5.61. The molecule has 3 heteroatoms. The normalized spacial score (nSPS) is 12.6. The molecule has 1 unspecified atom stereocenters. The van der Waals surface area contributed by atoms with Crippen molar-refractivity contribution in [1.29, 1.82) is 0 Å². The molecule has 1 aromatic rings. The average Bonchev–Trinajstić information content (AvgIpc) is 2.04. The van der Waals surface area contributed by atoms with E-state index in [2.05, 4.69) is 0 Å². The number of rotatable bonds is 2. The maximum atomic E-state index is 12.4. The van der Waals surface area contributed by atoms with Gasteiger partial charge in [-0.3, -0.25) is 4.79 Å². The summed E-state index contributed by atoms with van der Waals surface area (Å²) in [6, 6.07) is 5.59. The lowest BCUT2D eigenvalue weighted by Gasteiger charge is -2.04. The van der Waals surface area contributed by atoms with Gasteiger partial charge in [-0.1, -0.05) is 12.1 Å². The van der Waals surface area contributed by atoms with E-state index < -0.39 is 5.38 Å². The highest BCUT2D eigenvalue weighted by atomic mass is 35.5. The van der Waals surface area contributed by atoms with Crippen LogP contribution < -0.4 is 0 Å². The van der Waals surface area contributed by atoms with Crippen LogP contribution in [-0.4, -0.2) is 5.78 Å². The Bertz CT molecular complexity index is 281. The number of carbonyl (C=O) groups excluding carboxylic acids is 1. The van der Waals surface area contributed by atoms with Crippen LogP contribution in [0.25, 0.3) is 0 Å². The molecule has 0 aliphatic rings. The third kappa shape index (κ3) is 2.05. The summed E-state index contributed by atoms with van der Waals surface area (Å²) >= 11 is 5.72. The maximum absolute atomic E-state index is 12.4. The molecular formula is C9H8ClFO. The van der Waals surface area contributed by atoms with Crippen molar-refractivity contribution in [2.75, 3.05) is 0 Å². The van der Waals surface area contributed by atoms with Crippen LogP contribution in [0.1, 0.15) is 17.9 Å². The fraction of sp³-hybridized carbons (Fsp3) is 0.222. The lowest BCUT2D eigenvalue weighted by molar-refractivity contribution is -0.116. The zero-order valence-electron chi connectivity index (χ0n) is 6.55. The molecule has 0 saturated heterocycles. The second-order valence-corrected chi connectivity index (χ2v) is 2.96. The van der Waals surface area contributed by atoms with E-state index in [1.54, 1.807) is 0 Å². The first-order valence-corrected chi connectivity index (χ1v) is 3.95. The Hall–Kier alpha value is -0.890. The molecular weight excluding hydrogens is 179 g/mol. The smallest absolute Gasteiger partial charge is 0.152 e. The van der Waals surface area contributed by atoms with E-state index in [0.717, 1.165) is 0 Å². The summed E-state index contributed by atoms with van der Waals surface area (Å²) in [6.45, 7) is 1.40. The Labute approximate surface area is 75.2 Å². The monoisotopic (exact) mass is 186 g/mol. The van der Waals surface area contributed by atoms with Crippen LogP contribution in [0.4, 0.5) is 4.39 Å². The van der Waals surface area contributed by atoms with Gasteiger partial charge < -0.3 is 0 Å². The van der Waals surface area contributed by atoms with Crippen LogP contribution in [0.5, 0.6) is 0 Å². The summed E-state index contributed by atoms with van der Waals surface area (Å²) in [6.07, 6.45) is 0. The van der Waals surface area contributed by atoms with Crippen LogP contribution in [-0.2, 0) is 4.79 Å². The first-order valence-electron chi connectivity index (χ1n) is 3.51. The molecule has 0 fully saturated rings. The van der Waals surface area contributed by atoms with Gasteiger partial charge in [-0.15, -0.1) is 11.6 Å². The summed E-state index contributed by atoms with van der Waals surface area (Å²) in [5.74, 6) is -0.463. The number of benzene rings is 1. The molecule has 0 amide bonds. The van der Waals surface area contributed by atoms with E-state index >= 15 is 0 Å². The number of hydrogen-bond donors (Lipinski definition) is 0. The number of ketones is 1. The zero-order chi connectivity index (χ0) is 9.14. The highest BCUT2D eigenvalue weighted by molar-refractivity contribution is 6.30. The van der Waals surface area contributed by atoms with Gasteiger partial charge >= 0.3 is 0 Å². The van der Waals surface area contributed by atoms with Gasteiger partial charge in [0.05, 0.1) is 0 Å². The second kappa shape index (κ2) is 3.68. The largest absolute Gasteiger partial charge is 0.298 e. The van der Waals surface area contributed by atoms with Crippen LogP contribution in [0.3, 0.4) is 0 Å². The molecule has 0 spiro atoms. The zero-order valence-corrected chi connectivity index (χ0v) is 7.31. The molecule has 0 saturated carbocycles. The predicted octanol–water partition coefficient (Wildman–Crippen LogP) is 2.69. The van der Waals surface area contributed by atoms with Crippen LogP contribution >= 0.6 is 11.6 Å². The van der Waals surface area contributed by atoms with Crippen molar-refractivity contribution in [3.05, 3.63) is 35.6 Å². The van der Waals surface area contributed by atoms with Gasteiger partial charge in [0.1, 0.15) is 11.2 Å². The molecule has 0 aromatic heterocycles. The predicted molar refractivity (Wildman–Crippen MR) is 45.7 cm³/mol. The Kier molecular flexibility index (Phi) is 2.82. The number of hydrogen-bond acceptors (Lipinski definition) is 1. The fourth-order valence-electron chi connectivity index (χ4n) is 0.866.